The molecule has 1 fully saturated rings. The number of ether oxygens (including phenoxy) is 3. The van der Waals surface area contributed by atoms with E-state index in [1.54, 1.807) is 14.2 Å². The minimum absolute atomic E-state index is 0.195. The lowest BCUT2D eigenvalue weighted by Crippen LogP contribution is -2.29. The highest BCUT2D eigenvalue weighted by molar-refractivity contribution is 5.43. The molecule has 19 heavy (non-hydrogen) atoms. The molecule has 2 rings (SSSR count). The Bertz CT molecular complexity index is 408. The van der Waals surface area contributed by atoms with E-state index in [4.69, 9.17) is 19.9 Å². The molecule has 2 unspecified atom stereocenters. The van der Waals surface area contributed by atoms with E-state index in [0.29, 0.717) is 12.6 Å². The van der Waals surface area contributed by atoms with Gasteiger partial charge >= 0.3 is 0 Å². The summed E-state index contributed by atoms with van der Waals surface area (Å²) in [5, 5.41) is 0. The number of benzene rings is 1. The summed E-state index contributed by atoms with van der Waals surface area (Å²) in [6.07, 6.45) is 4.77. The van der Waals surface area contributed by atoms with Gasteiger partial charge in [-0.15, -0.1) is 0 Å². The van der Waals surface area contributed by atoms with Gasteiger partial charge in [0.25, 0.3) is 0 Å². The lowest BCUT2D eigenvalue weighted by atomic mass is 9.95. The minimum Gasteiger partial charge on any atom is -0.493 e. The summed E-state index contributed by atoms with van der Waals surface area (Å²) >= 11 is 0. The van der Waals surface area contributed by atoms with E-state index in [9.17, 15) is 0 Å². The maximum absolute atomic E-state index is 6.09. The van der Waals surface area contributed by atoms with Crippen molar-refractivity contribution in [1.29, 1.82) is 0 Å². The number of nitrogens with two attached hydrogens (primary N) is 1. The van der Waals surface area contributed by atoms with E-state index in [0.717, 1.165) is 42.7 Å². The molecule has 0 aromatic heterocycles. The average molecular weight is 265 g/mol. The molecule has 2 N–H and O–H groups in total. The first-order valence-electron chi connectivity index (χ1n) is 6.83. The van der Waals surface area contributed by atoms with E-state index >= 15 is 0 Å². The summed E-state index contributed by atoms with van der Waals surface area (Å²) in [4.78, 5) is 0. The maximum atomic E-state index is 6.09. The molecule has 1 aliphatic carbocycles. The Morgan fingerprint density at radius 1 is 1.16 bits per heavy atom. The van der Waals surface area contributed by atoms with Gasteiger partial charge in [-0.1, -0.05) is 6.07 Å². The van der Waals surface area contributed by atoms with Gasteiger partial charge in [0.1, 0.15) is 6.10 Å². The molecule has 0 spiro atoms. The fraction of sp³-hybridized carbons (Fsp3) is 0.600. The summed E-state index contributed by atoms with van der Waals surface area (Å²) in [6.45, 7) is 0.506. The van der Waals surface area contributed by atoms with Crippen LogP contribution >= 0.6 is 0 Å². The summed E-state index contributed by atoms with van der Waals surface area (Å²) in [5.74, 6) is 1.55. The summed E-state index contributed by atoms with van der Waals surface area (Å²) in [5.41, 5.74) is 6.72. The lowest BCUT2D eigenvalue weighted by molar-refractivity contribution is 0.0201. The van der Waals surface area contributed by atoms with Gasteiger partial charge in [0, 0.05) is 20.1 Å². The van der Waals surface area contributed by atoms with Crippen LogP contribution in [0.1, 0.15) is 31.2 Å². The predicted molar refractivity (Wildman–Crippen MR) is 74.6 cm³/mol. The molecule has 4 heteroatoms. The topological polar surface area (TPSA) is 53.7 Å². The molecule has 0 saturated heterocycles. The van der Waals surface area contributed by atoms with Crippen LogP contribution in [0.5, 0.6) is 11.5 Å². The Hall–Kier alpha value is -1.26. The van der Waals surface area contributed by atoms with Crippen LogP contribution in [0.25, 0.3) is 0 Å². The van der Waals surface area contributed by atoms with Gasteiger partial charge in [0.15, 0.2) is 11.5 Å². The van der Waals surface area contributed by atoms with Crippen LogP contribution in [-0.2, 0) is 11.3 Å². The van der Waals surface area contributed by atoms with Crippen molar-refractivity contribution >= 4 is 0 Å². The van der Waals surface area contributed by atoms with Crippen molar-refractivity contribution in [2.24, 2.45) is 5.73 Å². The van der Waals surface area contributed by atoms with Crippen molar-refractivity contribution in [3.63, 3.8) is 0 Å². The van der Waals surface area contributed by atoms with Crippen LogP contribution in [0.2, 0.25) is 0 Å². The first-order chi connectivity index (χ1) is 9.26. The third kappa shape index (κ3) is 3.61. The van der Waals surface area contributed by atoms with Gasteiger partial charge in [0.05, 0.1) is 13.2 Å². The molecule has 0 bridgehead atoms. The summed E-state index contributed by atoms with van der Waals surface area (Å²) < 4.78 is 16.9. The Morgan fingerprint density at radius 2 is 1.95 bits per heavy atom. The molecule has 0 heterocycles. The summed E-state index contributed by atoms with van der Waals surface area (Å²) in [6, 6.07) is 5.84. The molecule has 1 aromatic rings. The van der Waals surface area contributed by atoms with E-state index < -0.39 is 0 Å². The summed E-state index contributed by atoms with van der Waals surface area (Å²) in [7, 11) is 3.42. The number of hydrogen-bond acceptors (Lipinski definition) is 4. The van der Waals surface area contributed by atoms with Crippen molar-refractivity contribution < 1.29 is 14.2 Å². The first kappa shape index (κ1) is 14.2. The fourth-order valence-corrected chi connectivity index (χ4v) is 2.54. The molecular weight excluding hydrogens is 242 g/mol. The smallest absolute Gasteiger partial charge is 0.161 e. The third-order valence-corrected chi connectivity index (χ3v) is 3.67. The van der Waals surface area contributed by atoms with Crippen LogP contribution in [0.3, 0.4) is 0 Å². The standard InChI is InChI=1S/C15H23NO3/c1-17-12-4-3-5-13(9-12)19-15-8-11(10-16)6-7-14(15)18-2/h6-8,12-13H,3-5,9-10,16H2,1-2H3. The zero-order valence-electron chi connectivity index (χ0n) is 11.7. The first-order valence-corrected chi connectivity index (χ1v) is 6.83. The normalized spacial score (nSPS) is 23.1. The van der Waals surface area contributed by atoms with Crippen molar-refractivity contribution in [1.82, 2.24) is 0 Å². The van der Waals surface area contributed by atoms with Crippen molar-refractivity contribution in [3.05, 3.63) is 23.8 Å². The van der Waals surface area contributed by atoms with Gasteiger partial charge in [-0.05, 0) is 37.0 Å². The van der Waals surface area contributed by atoms with E-state index in [1.165, 1.54) is 0 Å². The van der Waals surface area contributed by atoms with E-state index in [-0.39, 0.29) is 6.10 Å². The van der Waals surface area contributed by atoms with Gasteiger partial charge in [-0.3, -0.25) is 0 Å². The Kier molecular flexibility index (Phi) is 5.05. The molecule has 1 aliphatic rings. The molecule has 2 atom stereocenters. The van der Waals surface area contributed by atoms with Crippen molar-refractivity contribution in [2.75, 3.05) is 14.2 Å². The molecule has 4 nitrogen and oxygen atoms in total. The highest BCUT2D eigenvalue weighted by Crippen LogP contribution is 2.32. The Balaban J connectivity index is 2.08. The Morgan fingerprint density at radius 3 is 2.63 bits per heavy atom. The molecule has 1 saturated carbocycles. The van der Waals surface area contributed by atoms with Crippen molar-refractivity contribution in [3.8, 4) is 11.5 Å². The van der Waals surface area contributed by atoms with Crippen LogP contribution in [0.15, 0.2) is 18.2 Å². The SMILES string of the molecule is COc1ccc(CN)cc1OC1CCCC(OC)C1. The largest absolute Gasteiger partial charge is 0.493 e. The molecule has 106 valence electrons. The fourth-order valence-electron chi connectivity index (χ4n) is 2.54. The second-order valence-electron chi connectivity index (χ2n) is 4.95. The molecular formula is C15H23NO3. The molecule has 1 aromatic carbocycles. The van der Waals surface area contributed by atoms with E-state index in [2.05, 4.69) is 0 Å². The molecule has 0 radical (unpaired) electrons. The van der Waals surface area contributed by atoms with Crippen LogP contribution in [0, 0.1) is 0 Å². The zero-order chi connectivity index (χ0) is 13.7. The second kappa shape index (κ2) is 6.78. The highest BCUT2D eigenvalue weighted by Gasteiger charge is 2.24. The molecule has 0 amide bonds. The monoisotopic (exact) mass is 265 g/mol. The average Bonchev–Trinajstić information content (AvgIpc) is 2.47. The third-order valence-electron chi connectivity index (χ3n) is 3.67. The van der Waals surface area contributed by atoms with E-state index in [1.807, 2.05) is 18.2 Å². The second-order valence-corrected chi connectivity index (χ2v) is 4.95. The lowest BCUT2D eigenvalue weighted by Gasteiger charge is -2.29. The predicted octanol–water partition coefficient (Wildman–Crippen LogP) is 2.49. The van der Waals surface area contributed by atoms with Gasteiger partial charge in [-0.25, -0.2) is 0 Å². The van der Waals surface area contributed by atoms with Gasteiger partial charge in [-0.2, -0.15) is 0 Å². The maximum Gasteiger partial charge on any atom is 0.161 e. The van der Waals surface area contributed by atoms with Gasteiger partial charge in [0.2, 0.25) is 0 Å². The van der Waals surface area contributed by atoms with Gasteiger partial charge < -0.3 is 19.9 Å². The number of rotatable bonds is 5. The molecule has 0 aliphatic heterocycles. The Labute approximate surface area is 114 Å². The van der Waals surface area contributed by atoms with Crippen LogP contribution < -0.4 is 15.2 Å². The highest BCUT2D eigenvalue weighted by atomic mass is 16.5. The number of hydrogen-bond donors (Lipinski definition) is 1. The van der Waals surface area contributed by atoms with Crippen LogP contribution in [0.4, 0.5) is 0 Å². The van der Waals surface area contributed by atoms with Crippen molar-refractivity contribution in [2.45, 2.75) is 44.4 Å². The van der Waals surface area contributed by atoms with Crippen LogP contribution in [-0.4, -0.2) is 26.4 Å². The quantitative estimate of drug-likeness (QED) is 0.888. The zero-order valence-corrected chi connectivity index (χ0v) is 11.7. The number of methoxy groups -OCH3 is 2. The minimum atomic E-state index is 0.195.